The van der Waals surface area contributed by atoms with E-state index in [-0.39, 0.29) is 22.5 Å². The third kappa shape index (κ3) is 3.53. The minimum absolute atomic E-state index is 0.142. The van der Waals surface area contributed by atoms with Gasteiger partial charge in [0.15, 0.2) is 0 Å². The van der Waals surface area contributed by atoms with Gasteiger partial charge in [-0.25, -0.2) is 0 Å². The fraction of sp³-hybridized carbons (Fsp3) is 0.188. The summed E-state index contributed by atoms with van der Waals surface area (Å²) >= 11 is 0. The molecule has 126 valence electrons. The molecule has 0 aromatic heterocycles. The van der Waals surface area contributed by atoms with Gasteiger partial charge in [-0.3, -0.25) is 14.9 Å². The number of nitrogens with zero attached hydrogens (tertiary/aromatic N) is 1. The molecule has 0 unspecified atom stereocenters. The third-order valence-corrected chi connectivity index (χ3v) is 3.52. The Morgan fingerprint density at radius 2 is 1.83 bits per heavy atom. The molecule has 1 N–H and O–H groups in total. The second kappa shape index (κ2) is 6.31. The Morgan fingerprint density at radius 1 is 1.17 bits per heavy atom. The molecule has 0 fully saturated rings. The number of amides is 1. The van der Waals surface area contributed by atoms with E-state index in [1.165, 1.54) is 25.1 Å². The number of carbonyl (C=O) groups is 1. The fourth-order valence-corrected chi connectivity index (χ4v) is 2.28. The average Bonchev–Trinajstić information content (AvgIpc) is 2.49. The number of nitro benzene ring substituents is 1. The number of aryl methyl sites for hydroxylation is 1. The maximum atomic E-state index is 12.7. The molecule has 0 saturated heterocycles. The van der Waals surface area contributed by atoms with Crippen LogP contribution in [-0.2, 0) is 6.18 Å². The minimum atomic E-state index is -4.56. The summed E-state index contributed by atoms with van der Waals surface area (Å²) in [6, 6.07) is 6.90. The number of hydrogen-bond donors (Lipinski definition) is 1. The lowest BCUT2D eigenvalue weighted by molar-refractivity contribution is -0.386. The highest BCUT2D eigenvalue weighted by molar-refractivity contribution is 6.05. The zero-order valence-corrected chi connectivity index (χ0v) is 12.8. The number of benzene rings is 2. The summed E-state index contributed by atoms with van der Waals surface area (Å²) in [4.78, 5) is 22.7. The fourth-order valence-electron chi connectivity index (χ4n) is 2.28. The molecule has 0 aliphatic rings. The highest BCUT2D eigenvalue weighted by atomic mass is 19.4. The highest BCUT2D eigenvalue weighted by Gasteiger charge is 2.31. The van der Waals surface area contributed by atoms with Gasteiger partial charge in [-0.05, 0) is 38.1 Å². The number of anilines is 1. The average molecular weight is 338 g/mol. The van der Waals surface area contributed by atoms with Crippen LogP contribution in [0.2, 0.25) is 0 Å². The second-order valence-corrected chi connectivity index (χ2v) is 5.19. The van der Waals surface area contributed by atoms with E-state index in [1.54, 1.807) is 6.92 Å². The Labute approximate surface area is 135 Å². The molecule has 2 rings (SSSR count). The maximum absolute atomic E-state index is 12.7. The van der Waals surface area contributed by atoms with Gasteiger partial charge in [0.1, 0.15) is 0 Å². The molecule has 0 bridgehead atoms. The quantitative estimate of drug-likeness (QED) is 0.662. The van der Waals surface area contributed by atoms with Crippen LogP contribution in [0.15, 0.2) is 36.4 Å². The first-order valence-electron chi connectivity index (χ1n) is 6.84. The number of nitrogens with one attached hydrogen (secondary N) is 1. The number of rotatable bonds is 3. The summed E-state index contributed by atoms with van der Waals surface area (Å²) in [6.45, 7) is 3.02. The Bertz CT molecular complexity index is 817. The molecule has 0 aliphatic carbocycles. The second-order valence-electron chi connectivity index (χ2n) is 5.19. The predicted molar refractivity (Wildman–Crippen MR) is 82.0 cm³/mol. The van der Waals surface area contributed by atoms with E-state index >= 15 is 0 Å². The van der Waals surface area contributed by atoms with Crippen LogP contribution in [-0.4, -0.2) is 10.8 Å². The predicted octanol–water partition coefficient (Wildman–Crippen LogP) is 4.48. The van der Waals surface area contributed by atoms with Gasteiger partial charge in [0.25, 0.3) is 11.6 Å². The first-order chi connectivity index (χ1) is 11.1. The maximum Gasteiger partial charge on any atom is 0.416 e. The van der Waals surface area contributed by atoms with Crippen LogP contribution in [0.25, 0.3) is 0 Å². The lowest BCUT2D eigenvalue weighted by atomic mass is 10.1. The van der Waals surface area contributed by atoms with Crippen LogP contribution in [0.1, 0.15) is 27.0 Å². The Hall–Kier alpha value is -2.90. The molecule has 0 atom stereocenters. The molecule has 0 radical (unpaired) electrons. The molecule has 0 aliphatic heterocycles. The van der Waals surface area contributed by atoms with Crippen molar-refractivity contribution in [2.45, 2.75) is 20.0 Å². The molecule has 0 saturated carbocycles. The lowest BCUT2D eigenvalue weighted by Crippen LogP contribution is -2.15. The minimum Gasteiger partial charge on any atom is -0.321 e. The third-order valence-electron chi connectivity index (χ3n) is 3.52. The van der Waals surface area contributed by atoms with E-state index in [2.05, 4.69) is 5.32 Å². The van der Waals surface area contributed by atoms with Crippen LogP contribution in [0.3, 0.4) is 0 Å². The summed E-state index contributed by atoms with van der Waals surface area (Å²) in [5.41, 5.74) is -0.435. The van der Waals surface area contributed by atoms with Crippen molar-refractivity contribution in [3.05, 3.63) is 68.8 Å². The van der Waals surface area contributed by atoms with E-state index in [0.29, 0.717) is 5.56 Å². The van der Waals surface area contributed by atoms with Crippen molar-refractivity contribution < 1.29 is 22.9 Å². The first-order valence-corrected chi connectivity index (χ1v) is 6.84. The number of halogens is 3. The number of carbonyl (C=O) groups excluding carboxylic acids is 1. The van der Waals surface area contributed by atoms with Crippen molar-refractivity contribution in [1.29, 1.82) is 0 Å². The van der Waals surface area contributed by atoms with Crippen molar-refractivity contribution in [3.63, 3.8) is 0 Å². The zero-order chi connectivity index (χ0) is 18.1. The van der Waals surface area contributed by atoms with E-state index in [9.17, 15) is 28.1 Å². The zero-order valence-electron chi connectivity index (χ0n) is 12.8. The van der Waals surface area contributed by atoms with E-state index in [4.69, 9.17) is 0 Å². The van der Waals surface area contributed by atoms with Crippen molar-refractivity contribution >= 4 is 17.3 Å². The van der Waals surface area contributed by atoms with Crippen LogP contribution >= 0.6 is 0 Å². The van der Waals surface area contributed by atoms with Gasteiger partial charge in [-0.1, -0.05) is 12.1 Å². The Kier molecular flexibility index (Phi) is 4.59. The van der Waals surface area contributed by atoms with Crippen LogP contribution < -0.4 is 5.32 Å². The van der Waals surface area contributed by atoms with Gasteiger partial charge >= 0.3 is 6.18 Å². The molecule has 8 heteroatoms. The molecule has 0 heterocycles. The van der Waals surface area contributed by atoms with Gasteiger partial charge in [-0.2, -0.15) is 13.2 Å². The SMILES string of the molecule is Cc1ccc(NC(=O)c2cccc(C(F)(F)F)c2)c(C)c1[N+](=O)[O-]. The molecule has 2 aromatic rings. The van der Waals surface area contributed by atoms with Crippen molar-refractivity contribution in [3.8, 4) is 0 Å². The normalized spacial score (nSPS) is 11.2. The smallest absolute Gasteiger partial charge is 0.321 e. The first kappa shape index (κ1) is 17.5. The molecule has 0 spiro atoms. The lowest BCUT2D eigenvalue weighted by Gasteiger charge is -2.11. The summed E-state index contributed by atoms with van der Waals surface area (Å²) in [5, 5.41) is 13.5. The van der Waals surface area contributed by atoms with Crippen molar-refractivity contribution in [1.82, 2.24) is 0 Å². The number of nitro groups is 1. The van der Waals surface area contributed by atoms with Gasteiger partial charge in [0.05, 0.1) is 21.7 Å². The molecule has 1 amide bonds. The summed E-state index contributed by atoms with van der Waals surface area (Å²) in [6.07, 6.45) is -4.56. The summed E-state index contributed by atoms with van der Waals surface area (Å²) in [5.74, 6) is -0.776. The van der Waals surface area contributed by atoms with E-state index < -0.39 is 22.6 Å². The van der Waals surface area contributed by atoms with Gasteiger partial charge < -0.3 is 5.32 Å². The van der Waals surface area contributed by atoms with Crippen LogP contribution in [0.5, 0.6) is 0 Å². The molecule has 2 aromatic carbocycles. The van der Waals surface area contributed by atoms with Gasteiger partial charge in [0, 0.05) is 11.1 Å². The van der Waals surface area contributed by atoms with Gasteiger partial charge in [0.2, 0.25) is 0 Å². The van der Waals surface area contributed by atoms with E-state index in [1.807, 2.05) is 0 Å². The standard InChI is InChI=1S/C16H13F3N2O3/c1-9-6-7-13(10(2)14(9)21(23)24)20-15(22)11-4-3-5-12(8-11)16(17,18)19/h3-8H,1-2H3,(H,20,22). The monoisotopic (exact) mass is 338 g/mol. The molecular weight excluding hydrogens is 325 g/mol. The van der Waals surface area contributed by atoms with Gasteiger partial charge in [-0.15, -0.1) is 0 Å². The molecule has 5 nitrogen and oxygen atoms in total. The van der Waals surface area contributed by atoms with Crippen molar-refractivity contribution in [2.75, 3.05) is 5.32 Å². The summed E-state index contributed by atoms with van der Waals surface area (Å²) in [7, 11) is 0. The number of hydrogen-bond acceptors (Lipinski definition) is 3. The molecule has 24 heavy (non-hydrogen) atoms. The van der Waals surface area contributed by atoms with Crippen LogP contribution in [0.4, 0.5) is 24.5 Å². The highest BCUT2D eigenvalue weighted by Crippen LogP contribution is 2.31. The Morgan fingerprint density at radius 3 is 2.42 bits per heavy atom. The summed E-state index contributed by atoms with van der Waals surface area (Å²) < 4.78 is 38.1. The molecular formula is C16H13F3N2O3. The largest absolute Gasteiger partial charge is 0.416 e. The Balaban J connectivity index is 2.34. The topological polar surface area (TPSA) is 72.2 Å². The van der Waals surface area contributed by atoms with E-state index in [0.717, 1.165) is 18.2 Å². The van der Waals surface area contributed by atoms with Crippen LogP contribution in [0, 0.1) is 24.0 Å². The van der Waals surface area contributed by atoms with Crippen molar-refractivity contribution in [2.24, 2.45) is 0 Å². The number of alkyl halides is 3.